The number of aromatic nitrogens is 6. The number of aryl methyl sites for hydroxylation is 4. The first kappa shape index (κ1) is 48.8. The first-order chi connectivity index (χ1) is 28.9. The van der Waals surface area contributed by atoms with Crippen molar-refractivity contribution in [2.45, 2.75) is 79.1 Å². The van der Waals surface area contributed by atoms with Gasteiger partial charge in [0.25, 0.3) is 11.1 Å². The molecule has 6 aromatic rings. The normalized spacial score (nSPS) is 10.3. The minimum atomic E-state index is -0.731. The monoisotopic (exact) mass is 912 g/mol. The number of carbonyl (C=O) groups is 2. The Labute approximate surface area is 361 Å². The van der Waals surface area contributed by atoms with Crippen molar-refractivity contribution in [3.8, 4) is 12.1 Å². The van der Waals surface area contributed by atoms with Gasteiger partial charge in [0, 0.05) is 39.7 Å². The summed E-state index contributed by atoms with van der Waals surface area (Å²) in [5.41, 5.74) is 1.81. The summed E-state index contributed by atoms with van der Waals surface area (Å²) in [6, 6.07) is 17.0. The molecule has 0 fully saturated rings. The minimum absolute atomic E-state index is 0.0103. The van der Waals surface area contributed by atoms with Crippen molar-refractivity contribution in [1.29, 1.82) is 10.5 Å². The highest BCUT2D eigenvalue weighted by Gasteiger charge is 2.26. The zero-order chi connectivity index (χ0) is 45.7. The van der Waals surface area contributed by atoms with E-state index in [1.807, 2.05) is 31.8 Å². The van der Waals surface area contributed by atoms with E-state index in [0.717, 1.165) is 27.9 Å². The van der Waals surface area contributed by atoms with E-state index < -0.39 is 34.1 Å². The molecular formula is C43H46BrN8O8P. The topological polar surface area (TPSA) is 254 Å². The van der Waals surface area contributed by atoms with Crippen molar-refractivity contribution < 1.29 is 18.6 Å². The molecular weight excluding hydrogens is 867 g/mol. The van der Waals surface area contributed by atoms with E-state index >= 15 is 0 Å². The lowest BCUT2D eigenvalue weighted by Crippen LogP contribution is -2.38. The zero-order valence-corrected chi connectivity index (χ0v) is 37.9. The van der Waals surface area contributed by atoms with E-state index in [2.05, 4.69) is 50.4 Å². The summed E-state index contributed by atoms with van der Waals surface area (Å²) >= 11 is 3.25. The van der Waals surface area contributed by atoms with Crippen molar-refractivity contribution in [3.05, 3.63) is 169 Å². The maximum absolute atomic E-state index is 13.4. The second kappa shape index (κ2) is 22.2. The molecule has 4 heterocycles. The predicted octanol–water partition coefficient (Wildman–Crippen LogP) is 6.38. The number of H-pyrrole nitrogens is 3. The third-order valence-corrected chi connectivity index (χ3v) is 9.13. The Kier molecular flexibility index (Phi) is 17.7. The lowest BCUT2D eigenvalue weighted by molar-refractivity contribution is 0.102. The van der Waals surface area contributed by atoms with Gasteiger partial charge in [-0.3, -0.25) is 33.7 Å². The molecule has 0 radical (unpaired) electrons. The molecule has 0 bridgehead atoms. The molecule has 4 aromatic heterocycles. The zero-order valence-electron chi connectivity index (χ0n) is 35.1. The van der Waals surface area contributed by atoms with E-state index in [9.17, 15) is 34.0 Å². The smallest absolute Gasteiger partial charge is 0.329 e. The van der Waals surface area contributed by atoms with Gasteiger partial charge in [-0.1, -0.05) is 60.6 Å². The number of ketones is 2. The van der Waals surface area contributed by atoms with Crippen molar-refractivity contribution in [2.75, 3.05) is 6.66 Å². The lowest BCUT2D eigenvalue weighted by Gasteiger charge is -2.17. The first-order valence-corrected chi connectivity index (χ1v) is 21.0. The quantitative estimate of drug-likeness (QED) is 0.0811. The fraction of sp³-hybridized carbons (Fsp3) is 0.302. The van der Waals surface area contributed by atoms with Gasteiger partial charge in [0.15, 0.2) is 0 Å². The third kappa shape index (κ3) is 12.7. The first-order valence-electron chi connectivity index (χ1n) is 18.7. The molecule has 61 heavy (non-hydrogen) atoms. The number of rotatable bonds is 9. The predicted molar refractivity (Wildman–Crippen MR) is 236 cm³/mol. The van der Waals surface area contributed by atoms with E-state index in [0.29, 0.717) is 22.6 Å². The van der Waals surface area contributed by atoms with Gasteiger partial charge in [0.2, 0.25) is 11.6 Å². The van der Waals surface area contributed by atoms with Crippen LogP contribution in [0, 0.1) is 50.4 Å². The van der Waals surface area contributed by atoms with Gasteiger partial charge in [0.1, 0.15) is 22.9 Å². The lowest BCUT2D eigenvalue weighted by atomic mass is 9.95. The third-order valence-electron chi connectivity index (χ3n) is 8.56. The second-order valence-corrected chi connectivity index (χ2v) is 14.7. The van der Waals surface area contributed by atoms with E-state index in [-0.39, 0.29) is 52.0 Å². The number of hydrogen-bond acceptors (Lipinski definition) is 12. The summed E-state index contributed by atoms with van der Waals surface area (Å²) in [5.74, 6) is -0.112. The summed E-state index contributed by atoms with van der Waals surface area (Å²) < 4.78 is 11.0. The highest BCUT2D eigenvalue weighted by molar-refractivity contribution is 9.08. The number of hydrogen-bond donors (Lipinski definition) is 3. The number of alkyl halides is 1. The number of aromatic amines is 3. The summed E-state index contributed by atoms with van der Waals surface area (Å²) in [7, 11) is 2.42. The van der Waals surface area contributed by atoms with E-state index in [1.165, 1.54) is 16.7 Å². The number of nitrogens with zero attached hydrogens (tertiary/aromatic N) is 5. The highest BCUT2D eigenvalue weighted by Crippen LogP contribution is 2.21. The summed E-state index contributed by atoms with van der Waals surface area (Å²) in [6.45, 7) is 16.1. The Bertz CT molecular complexity index is 2870. The minimum Gasteiger partial charge on any atom is -0.361 e. The number of nitriles is 2. The standard InChI is InChI=1S/C21H20N4O4.C16H15N3O3.C5H6BrNO.CH5P/c1-11(2)17-18(19(26)15-6-12(3)5-14(8-15)9-22)25(21(28)23-20(17)27)10-16-7-13(4)29-24-16;1-8(2)12-13(18-16(22)19-15(12)21)14(20)11-5-9(3)4-10(6-11)7-17;1-4-2-5(3-6)7-8-4;1-2/h5-8,11H,10H2,1-4H3,(H,23,27,28);4-6,8H,1-3H3,(H2,18,19,21,22);2H,3H2,1H3;2H2,1H3. The Morgan fingerprint density at radius 1 is 0.705 bits per heavy atom. The van der Waals surface area contributed by atoms with Gasteiger partial charge in [0.05, 0.1) is 41.2 Å². The number of benzene rings is 2. The highest BCUT2D eigenvalue weighted by atomic mass is 79.9. The number of nitrogens with one attached hydrogen (secondary N) is 3. The summed E-state index contributed by atoms with van der Waals surface area (Å²) in [4.78, 5) is 81.5. The average Bonchev–Trinajstić information content (AvgIpc) is 3.84. The van der Waals surface area contributed by atoms with Crippen molar-refractivity contribution in [2.24, 2.45) is 0 Å². The van der Waals surface area contributed by atoms with Crippen LogP contribution in [0.25, 0.3) is 0 Å². The largest absolute Gasteiger partial charge is 0.361 e. The fourth-order valence-corrected chi connectivity index (χ4v) is 6.38. The van der Waals surface area contributed by atoms with Crippen LogP contribution >= 0.6 is 25.2 Å². The van der Waals surface area contributed by atoms with Gasteiger partial charge >= 0.3 is 11.4 Å². The van der Waals surface area contributed by atoms with Crippen LogP contribution in [-0.2, 0) is 11.9 Å². The molecule has 0 aliphatic heterocycles. The number of carbonyl (C=O) groups excluding carboxylic acids is 2. The molecule has 2 aromatic carbocycles. The van der Waals surface area contributed by atoms with E-state index in [1.54, 1.807) is 78.8 Å². The molecule has 0 aliphatic rings. The molecule has 1 atom stereocenters. The molecule has 16 nitrogen and oxygen atoms in total. The van der Waals surface area contributed by atoms with Crippen LogP contribution in [0.5, 0.6) is 0 Å². The molecule has 0 amide bonds. The van der Waals surface area contributed by atoms with E-state index in [4.69, 9.17) is 14.3 Å². The van der Waals surface area contributed by atoms with Crippen molar-refractivity contribution in [3.63, 3.8) is 0 Å². The second-order valence-electron chi connectivity index (χ2n) is 14.2. The maximum atomic E-state index is 13.4. The van der Waals surface area contributed by atoms with Crippen LogP contribution < -0.4 is 22.5 Å². The molecule has 0 spiro atoms. The SMILES string of the molecule is CP.Cc1cc(C#N)cc(C(=O)c2[nH]c(=O)[nH]c(=O)c2C(C)C)c1.Cc1cc(C#N)cc(C(=O)c2c(C(C)C)c(=O)[nH]c(=O)n2Cc2cc(C)on2)c1.Cc1cc(CBr)no1. The van der Waals surface area contributed by atoms with Crippen LogP contribution in [0.2, 0.25) is 0 Å². The summed E-state index contributed by atoms with van der Waals surface area (Å²) in [6.07, 6.45) is 0. The molecule has 0 saturated heterocycles. The van der Waals surface area contributed by atoms with Gasteiger partial charge in [-0.05, 0) is 87.1 Å². The van der Waals surface area contributed by atoms with Gasteiger partial charge in [-0.25, -0.2) is 9.59 Å². The van der Waals surface area contributed by atoms with Crippen LogP contribution in [-0.4, -0.2) is 48.1 Å². The Morgan fingerprint density at radius 3 is 1.61 bits per heavy atom. The average molecular weight is 914 g/mol. The Balaban J connectivity index is 0.000000272. The molecule has 0 aliphatic carbocycles. The summed E-state index contributed by atoms with van der Waals surface area (Å²) in [5, 5.41) is 26.6. The van der Waals surface area contributed by atoms with Crippen molar-refractivity contribution >= 4 is 36.7 Å². The molecule has 18 heteroatoms. The molecule has 0 saturated carbocycles. The van der Waals surface area contributed by atoms with Crippen LogP contribution in [0.4, 0.5) is 0 Å². The molecule has 1 unspecified atom stereocenters. The molecule has 318 valence electrons. The fourth-order valence-electron chi connectivity index (χ4n) is 6.12. The molecule has 3 N–H and O–H groups in total. The number of halogens is 1. The van der Waals surface area contributed by atoms with Gasteiger partial charge in [-0.15, -0.1) is 9.24 Å². The van der Waals surface area contributed by atoms with Gasteiger partial charge in [-0.2, -0.15) is 10.5 Å². The molecule has 6 rings (SSSR count). The van der Waals surface area contributed by atoms with Crippen LogP contribution in [0.15, 0.2) is 76.8 Å². The Hall–Kier alpha value is -6.55. The van der Waals surface area contributed by atoms with Gasteiger partial charge < -0.3 is 14.0 Å². The van der Waals surface area contributed by atoms with Crippen LogP contribution in [0.3, 0.4) is 0 Å². The van der Waals surface area contributed by atoms with Crippen molar-refractivity contribution in [1.82, 2.24) is 29.8 Å². The maximum Gasteiger partial charge on any atom is 0.329 e. The Morgan fingerprint density at radius 2 is 1.18 bits per heavy atom. The van der Waals surface area contributed by atoms with Crippen LogP contribution in [0.1, 0.15) is 128 Å².